The Balaban J connectivity index is 2.94. The van der Waals surface area contributed by atoms with Gasteiger partial charge in [0.2, 0.25) is 5.91 Å². The molecule has 0 aliphatic heterocycles. The van der Waals surface area contributed by atoms with E-state index in [0.717, 1.165) is 44.0 Å². The van der Waals surface area contributed by atoms with E-state index in [2.05, 4.69) is 13.8 Å². The van der Waals surface area contributed by atoms with Crippen molar-refractivity contribution in [3.63, 3.8) is 0 Å². The van der Waals surface area contributed by atoms with Crippen molar-refractivity contribution in [1.29, 1.82) is 0 Å². The van der Waals surface area contributed by atoms with Gasteiger partial charge in [-0.1, -0.05) is 64.5 Å². The molecule has 0 aromatic heterocycles. The van der Waals surface area contributed by atoms with Gasteiger partial charge in [-0.3, -0.25) is 4.79 Å². The fourth-order valence-electron chi connectivity index (χ4n) is 3.04. The monoisotopic (exact) mass is 395 g/mol. The molecule has 0 saturated heterocycles. The number of hydrogen-bond acceptors (Lipinski definition) is 3. The standard InChI is InChI=1S/C22H34ClNO3/c1-4-6-8-10-17-27-20-14-11-12-18(3)21(20)24(15-16-25)22(26)19(23)13-9-7-5-2/h11-12,14,16,19H,4-10,13,15,17H2,1-3H3. The average Bonchev–Trinajstić information content (AvgIpc) is 2.66. The average molecular weight is 396 g/mol. The zero-order valence-electron chi connectivity index (χ0n) is 17.0. The van der Waals surface area contributed by atoms with Crippen molar-refractivity contribution in [3.05, 3.63) is 23.8 Å². The minimum atomic E-state index is -0.631. The highest BCUT2D eigenvalue weighted by Crippen LogP contribution is 2.33. The third kappa shape index (κ3) is 7.92. The number of amides is 1. The number of para-hydroxylation sites is 1. The molecule has 1 aromatic carbocycles. The number of halogens is 1. The summed E-state index contributed by atoms with van der Waals surface area (Å²) in [6, 6.07) is 5.68. The van der Waals surface area contributed by atoms with Gasteiger partial charge in [0.1, 0.15) is 17.4 Å². The number of carbonyl (C=O) groups is 2. The van der Waals surface area contributed by atoms with Crippen molar-refractivity contribution in [2.45, 2.75) is 77.5 Å². The van der Waals surface area contributed by atoms with Crippen LogP contribution < -0.4 is 9.64 Å². The van der Waals surface area contributed by atoms with Crippen LogP contribution in [-0.4, -0.2) is 30.7 Å². The molecule has 27 heavy (non-hydrogen) atoms. The zero-order valence-corrected chi connectivity index (χ0v) is 17.8. The highest BCUT2D eigenvalue weighted by molar-refractivity contribution is 6.33. The van der Waals surface area contributed by atoms with E-state index in [4.69, 9.17) is 16.3 Å². The van der Waals surface area contributed by atoms with Gasteiger partial charge in [-0.15, -0.1) is 11.6 Å². The van der Waals surface area contributed by atoms with Crippen molar-refractivity contribution in [2.75, 3.05) is 18.1 Å². The van der Waals surface area contributed by atoms with Crippen LogP contribution in [0.5, 0.6) is 5.75 Å². The fourth-order valence-corrected chi connectivity index (χ4v) is 3.31. The lowest BCUT2D eigenvalue weighted by molar-refractivity contribution is -0.119. The van der Waals surface area contributed by atoms with Crippen LogP contribution in [0.4, 0.5) is 5.69 Å². The summed E-state index contributed by atoms with van der Waals surface area (Å²) in [7, 11) is 0. The van der Waals surface area contributed by atoms with E-state index in [0.29, 0.717) is 24.5 Å². The molecule has 1 amide bonds. The number of carbonyl (C=O) groups excluding carboxylic acids is 2. The molecule has 0 spiro atoms. The van der Waals surface area contributed by atoms with E-state index in [-0.39, 0.29) is 12.5 Å². The molecule has 0 aliphatic rings. The molecule has 0 aliphatic carbocycles. The van der Waals surface area contributed by atoms with Gasteiger partial charge < -0.3 is 14.4 Å². The Hall–Kier alpha value is -1.55. The molecule has 1 aromatic rings. The predicted octanol–water partition coefficient (Wildman–Crippen LogP) is 5.67. The van der Waals surface area contributed by atoms with Crippen LogP contribution in [0.25, 0.3) is 0 Å². The second kappa shape index (κ2) is 13.6. The Labute approximate surface area is 169 Å². The lowest BCUT2D eigenvalue weighted by atomic mass is 10.1. The Morgan fingerprint density at radius 3 is 2.52 bits per heavy atom. The number of hydrogen-bond donors (Lipinski definition) is 0. The highest BCUT2D eigenvalue weighted by atomic mass is 35.5. The maximum atomic E-state index is 12.9. The summed E-state index contributed by atoms with van der Waals surface area (Å²) in [5, 5.41) is -0.631. The van der Waals surface area contributed by atoms with Crippen LogP contribution in [0.2, 0.25) is 0 Å². The lowest BCUT2D eigenvalue weighted by Crippen LogP contribution is -2.39. The van der Waals surface area contributed by atoms with Crippen LogP contribution >= 0.6 is 11.6 Å². The van der Waals surface area contributed by atoms with E-state index in [1.54, 1.807) is 0 Å². The van der Waals surface area contributed by atoms with E-state index >= 15 is 0 Å². The summed E-state index contributed by atoms with van der Waals surface area (Å²) in [6.07, 6.45) is 8.82. The van der Waals surface area contributed by atoms with Crippen LogP contribution in [-0.2, 0) is 9.59 Å². The lowest BCUT2D eigenvalue weighted by Gasteiger charge is -2.27. The first-order chi connectivity index (χ1) is 13.1. The van der Waals surface area contributed by atoms with Gasteiger partial charge in [0.15, 0.2) is 0 Å². The summed E-state index contributed by atoms with van der Waals surface area (Å²) < 4.78 is 5.97. The number of rotatable bonds is 14. The zero-order chi connectivity index (χ0) is 20.1. The quantitative estimate of drug-likeness (QED) is 0.231. The molecule has 152 valence electrons. The Morgan fingerprint density at radius 2 is 1.85 bits per heavy atom. The smallest absolute Gasteiger partial charge is 0.245 e. The van der Waals surface area contributed by atoms with Crippen LogP contribution in [0.15, 0.2) is 18.2 Å². The van der Waals surface area contributed by atoms with Crippen molar-refractivity contribution >= 4 is 29.5 Å². The van der Waals surface area contributed by atoms with Gasteiger partial charge in [-0.25, -0.2) is 0 Å². The summed E-state index contributed by atoms with van der Waals surface area (Å²) in [5.41, 5.74) is 1.56. The normalized spacial score (nSPS) is 11.9. The number of ether oxygens (including phenoxy) is 1. The first-order valence-corrected chi connectivity index (χ1v) is 10.6. The van der Waals surface area contributed by atoms with Gasteiger partial charge in [-0.05, 0) is 31.4 Å². The molecule has 4 nitrogen and oxygen atoms in total. The number of alkyl halides is 1. The SMILES string of the molecule is CCCCCCOc1cccc(C)c1N(CC=O)C(=O)C(Cl)CCCCC. The number of nitrogens with zero attached hydrogens (tertiary/aromatic N) is 1. The number of aldehydes is 1. The molecular weight excluding hydrogens is 362 g/mol. The van der Waals surface area contributed by atoms with E-state index in [1.165, 1.54) is 17.7 Å². The third-order valence-corrected chi connectivity index (χ3v) is 4.98. The second-order valence-corrected chi connectivity index (χ2v) is 7.44. The minimum Gasteiger partial charge on any atom is -0.491 e. The second-order valence-electron chi connectivity index (χ2n) is 6.91. The minimum absolute atomic E-state index is 0.0210. The van der Waals surface area contributed by atoms with Crippen LogP contribution in [0.1, 0.15) is 70.8 Å². The molecule has 0 saturated carbocycles. The Morgan fingerprint density at radius 1 is 1.15 bits per heavy atom. The first kappa shape index (κ1) is 23.5. The largest absolute Gasteiger partial charge is 0.491 e. The Kier molecular flexibility index (Phi) is 11.8. The number of aryl methyl sites for hydroxylation is 1. The maximum Gasteiger partial charge on any atom is 0.245 e. The van der Waals surface area contributed by atoms with Crippen molar-refractivity contribution in [3.8, 4) is 5.75 Å². The van der Waals surface area contributed by atoms with E-state index in [1.807, 2.05) is 25.1 Å². The molecule has 0 fully saturated rings. The maximum absolute atomic E-state index is 12.9. The number of unbranched alkanes of at least 4 members (excludes halogenated alkanes) is 5. The van der Waals surface area contributed by atoms with Gasteiger partial charge in [0.05, 0.1) is 18.8 Å². The van der Waals surface area contributed by atoms with Crippen molar-refractivity contribution < 1.29 is 14.3 Å². The summed E-state index contributed by atoms with van der Waals surface area (Å²) in [6.45, 7) is 6.78. The van der Waals surface area contributed by atoms with Crippen LogP contribution in [0, 0.1) is 6.92 Å². The fraction of sp³-hybridized carbons (Fsp3) is 0.636. The molecule has 0 radical (unpaired) electrons. The van der Waals surface area contributed by atoms with Gasteiger partial charge in [0, 0.05) is 0 Å². The molecule has 0 N–H and O–H groups in total. The topological polar surface area (TPSA) is 46.6 Å². The molecule has 0 bridgehead atoms. The van der Waals surface area contributed by atoms with Crippen LogP contribution in [0.3, 0.4) is 0 Å². The molecule has 5 heteroatoms. The molecule has 1 atom stereocenters. The summed E-state index contributed by atoms with van der Waals surface area (Å²) in [4.78, 5) is 25.7. The van der Waals surface area contributed by atoms with Crippen molar-refractivity contribution in [2.24, 2.45) is 0 Å². The summed E-state index contributed by atoms with van der Waals surface area (Å²) in [5.74, 6) is 0.407. The first-order valence-electron chi connectivity index (χ1n) is 10.2. The predicted molar refractivity (Wildman–Crippen MR) is 113 cm³/mol. The Bertz CT molecular complexity index is 577. The number of benzene rings is 1. The van der Waals surface area contributed by atoms with E-state index in [9.17, 15) is 9.59 Å². The molecule has 1 rings (SSSR count). The highest BCUT2D eigenvalue weighted by Gasteiger charge is 2.26. The summed E-state index contributed by atoms with van der Waals surface area (Å²) >= 11 is 6.37. The van der Waals surface area contributed by atoms with E-state index < -0.39 is 5.38 Å². The van der Waals surface area contributed by atoms with Gasteiger partial charge in [-0.2, -0.15) is 0 Å². The van der Waals surface area contributed by atoms with Gasteiger partial charge in [0.25, 0.3) is 0 Å². The molecule has 1 unspecified atom stereocenters. The third-order valence-electron chi connectivity index (χ3n) is 4.58. The molecule has 0 heterocycles. The molecular formula is C22H34ClNO3. The van der Waals surface area contributed by atoms with Crippen molar-refractivity contribution in [1.82, 2.24) is 0 Å². The number of anilines is 1. The van der Waals surface area contributed by atoms with Gasteiger partial charge >= 0.3 is 0 Å².